The maximum absolute atomic E-state index is 12.2. The highest BCUT2D eigenvalue weighted by Crippen LogP contribution is 2.29. The van der Waals surface area contributed by atoms with E-state index in [1.54, 1.807) is 11.3 Å². The Kier molecular flexibility index (Phi) is 7.83. The second-order valence-corrected chi connectivity index (χ2v) is 9.03. The summed E-state index contributed by atoms with van der Waals surface area (Å²) in [6.07, 6.45) is 4.69. The van der Waals surface area contributed by atoms with Crippen LogP contribution in [-0.4, -0.2) is 46.9 Å². The van der Waals surface area contributed by atoms with E-state index in [0.717, 1.165) is 66.3 Å². The van der Waals surface area contributed by atoms with Crippen LogP contribution in [0.5, 0.6) is 5.75 Å². The predicted molar refractivity (Wildman–Crippen MR) is 132 cm³/mol. The minimum absolute atomic E-state index is 0.102. The number of amides is 1. The number of carbonyl (C=O) groups excluding carboxylic acids is 1. The molecule has 1 amide bonds. The minimum atomic E-state index is 0.102. The number of hydrogen-bond donors (Lipinski definition) is 2. The van der Waals surface area contributed by atoms with Crippen LogP contribution in [0.3, 0.4) is 0 Å². The Balaban J connectivity index is 1.34. The summed E-state index contributed by atoms with van der Waals surface area (Å²) in [5.41, 5.74) is 2.15. The van der Waals surface area contributed by atoms with Crippen molar-refractivity contribution in [2.45, 2.75) is 39.7 Å². The Morgan fingerprint density at radius 1 is 1.12 bits per heavy atom. The number of nitrogens with zero attached hydrogens (tertiary/aromatic N) is 4. The van der Waals surface area contributed by atoms with E-state index in [9.17, 15) is 4.79 Å². The lowest BCUT2D eigenvalue weighted by molar-refractivity contribution is -0.125. The molecule has 176 valence electrons. The third-order valence-electron chi connectivity index (χ3n) is 5.77. The number of hydrogen-bond acceptors (Lipinski definition) is 7. The standard InChI is InChI=1S/C24H32N6O2S/c1-3-13-25-22(31)18-11-15-29(16-12-18)23-27-28-24(33-23)30-14-5-6-20(30)17-26-19-7-9-21(10-8-19)32-4-2/h5-10,14,18,26H,3-4,11-13,15-17H2,1-2H3,(H,25,31). The predicted octanol–water partition coefficient (Wildman–Crippen LogP) is 4.08. The smallest absolute Gasteiger partial charge is 0.223 e. The molecule has 1 aliphatic rings. The van der Waals surface area contributed by atoms with Gasteiger partial charge in [0.1, 0.15) is 5.75 Å². The van der Waals surface area contributed by atoms with E-state index in [0.29, 0.717) is 13.2 Å². The summed E-state index contributed by atoms with van der Waals surface area (Å²) in [5, 5.41) is 17.1. The van der Waals surface area contributed by atoms with Gasteiger partial charge in [0.2, 0.25) is 16.2 Å². The number of nitrogens with one attached hydrogen (secondary N) is 2. The van der Waals surface area contributed by atoms with Gasteiger partial charge in [0.15, 0.2) is 0 Å². The molecule has 1 aromatic carbocycles. The molecule has 0 atom stereocenters. The van der Waals surface area contributed by atoms with Crippen LogP contribution >= 0.6 is 11.3 Å². The first-order valence-electron chi connectivity index (χ1n) is 11.7. The molecule has 1 saturated heterocycles. The van der Waals surface area contributed by atoms with Crippen molar-refractivity contribution in [1.82, 2.24) is 20.1 Å². The summed E-state index contributed by atoms with van der Waals surface area (Å²) in [6.45, 7) is 7.81. The van der Waals surface area contributed by atoms with E-state index in [1.807, 2.05) is 43.5 Å². The molecule has 2 aromatic heterocycles. The largest absolute Gasteiger partial charge is 0.494 e. The first-order chi connectivity index (χ1) is 16.2. The highest BCUT2D eigenvalue weighted by molar-refractivity contribution is 7.17. The number of anilines is 2. The van der Waals surface area contributed by atoms with E-state index >= 15 is 0 Å². The highest BCUT2D eigenvalue weighted by Gasteiger charge is 2.26. The van der Waals surface area contributed by atoms with Crippen molar-refractivity contribution in [3.8, 4) is 10.9 Å². The lowest BCUT2D eigenvalue weighted by Crippen LogP contribution is -2.40. The maximum atomic E-state index is 12.2. The van der Waals surface area contributed by atoms with Crippen molar-refractivity contribution in [2.75, 3.05) is 36.5 Å². The number of ether oxygens (including phenoxy) is 1. The first-order valence-corrected chi connectivity index (χ1v) is 12.5. The molecule has 1 fully saturated rings. The molecule has 0 aliphatic carbocycles. The van der Waals surface area contributed by atoms with Crippen LogP contribution in [-0.2, 0) is 11.3 Å². The summed E-state index contributed by atoms with van der Waals surface area (Å²) in [4.78, 5) is 14.5. The maximum Gasteiger partial charge on any atom is 0.223 e. The van der Waals surface area contributed by atoms with Crippen molar-refractivity contribution in [1.29, 1.82) is 0 Å². The van der Waals surface area contributed by atoms with Crippen LogP contribution in [0.2, 0.25) is 0 Å². The van der Waals surface area contributed by atoms with Gasteiger partial charge in [0.05, 0.1) is 13.2 Å². The Labute approximate surface area is 199 Å². The van der Waals surface area contributed by atoms with Crippen LogP contribution in [0.25, 0.3) is 5.13 Å². The molecule has 33 heavy (non-hydrogen) atoms. The molecule has 0 bridgehead atoms. The number of piperidine rings is 1. The van der Waals surface area contributed by atoms with Gasteiger partial charge in [-0.3, -0.25) is 9.36 Å². The van der Waals surface area contributed by atoms with Gasteiger partial charge in [0.25, 0.3) is 0 Å². The Morgan fingerprint density at radius 2 is 1.88 bits per heavy atom. The molecule has 0 unspecified atom stereocenters. The second-order valence-electron chi connectivity index (χ2n) is 8.10. The zero-order chi connectivity index (χ0) is 23.0. The first kappa shape index (κ1) is 23.1. The van der Waals surface area contributed by atoms with Gasteiger partial charge in [0, 0.05) is 43.1 Å². The monoisotopic (exact) mass is 468 g/mol. The molecule has 9 heteroatoms. The van der Waals surface area contributed by atoms with Gasteiger partial charge >= 0.3 is 0 Å². The average Bonchev–Trinajstić information content (AvgIpc) is 3.52. The van der Waals surface area contributed by atoms with Crippen LogP contribution in [0, 0.1) is 5.92 Å². The van der Waals surface area contributed by atoms with E-state index in [1.165, 1.54) is 0 Å². The SMILES string of the molecule is CCCNC(=O)C1CCN(c2nnc(-n3cccc3CNc3ccc(OCC)cc3)s2)CC1. The highest BCUT2D eigenvalue weighted by atomic mass is 32.1. The van der Waals surface area contributed by atoms with Crippen LogP contribution in [0.15, 0.2) is 42.6 Å². The molecule has 4 rings (SSSR count). The average molecular weight is 469 g/mol. The topological polar surface area (TPSA) is 84.3 Å². The molecule has 0 saturated carbocycles. The summed E-state index contributed by atoms with van der Waals surface area (Å²) in [7, 11) is 0. The van der Waals surface area contributed by atoms with Crippen molar-refractivity contribution in [3.05, 3.63) is 48.3 Å². The molecule has 0 spiro atoms. The molecule has 8 nitrogen and oxygen atoms in total. The van der Waals surface area contributed by atoms with Gasteiger partial charge in [-0.15, -0.1) is 10.2 Å². The van der Waals surface area contributed by atoms with E-state index in [4.69, 9.17) is 4.74 Å². The molecule has 3 heterocycles. The molecule has 1 aliphatic heterocycles. The lowest BCUT2D eigenvalue weighted by Gasteiger charge is -2.30. The van der Waals surface area contributed by atoms with Crippen molar-refractivity contribution in [2.24, 2.45) is 5.92 Å². The Hall–Kier alpha value is -3.07. The van der Waals surface area contributed by atoms with E-state index in [2.05, 4.69) is 43.3 Å². The third-order valence-corrected chi connectivity index (χ3v) is 6.75. The quantitative estimate of drug-likeness (QED) is 0.466. The van der Waals surface area contributed by atoms with Crippen LogP contribution in [0.1, 0.15) is 38.8 Å². The fourth-order valence-electron chi connectivity index (χ4n) is 3.93. The van der Waals surface area contributed by atoms with Gasteiger partial charge in [-0.25, -0.2) is 0 Å². The minimum Gasteiger partial charge on any atom is -0.494 e. The fourth-order valence-corrected chi connectivity index (χ4v) is 4.85. The Bertz CT molecular complexity index is 1020. The van der Waals surface area contributed by atoms with Crippen LogP contribution < -0.4 is 20.3 Å². The van der Waals surface area contributed by atoms with Gasteiger partial charge in [-0.2, -0.15) is 0 Å². The van der Waals surface area contributed by atoms with Crippen molar-refractivity contribution < 1.29 is 9.53 Å². The van der Waals surface area contributed by atoms with E-state index < -0.39 is 0 Å². The number of rotatable bonds is 10. The summed E-state index contributed by atoms with van der Waals surface area (Å²) >= 11 is 1.59. The molecule has 3 aromatic rings. The van der Waals surface area contributed by atoms with E-state index in [-0.39, 0.29) is 11.8 Å². The lowest BCUT2D eigenvalue weighted by atomic mass is 9.96. The van der Waals surface area contributed by atoms with Crippen molar-refractivity contribution in [3.63, 3.8) is 0 Å². The van der Waals surface area contributed by atoms with Gasteiger partial charge in [-0.05, 0) is 62.6 Å². The summed E-state index contributed by atoms with van der Waals surface area (Å²) in [6, 6.07) is 12.1. The second kappa shape index (κ2) is 11.2. The van der Waals surface area contributed by atoms with Crippen molar-refractivity contribution >= 4 is 28.1 Å². The molecular formula is C24H32N6O2S. The molecule has 2 N–H and O–H groups in total. The van der Waals surface area contributed by atoms with Gasteiger partial charge in [-0.1, -0.05) is 18.3 Å². The number of aromatic nitrogens is 3. The molecule has 0 radical (unpaired) electrons. The third kappa shape index (κ3) is 5.84. The number of benzene rings is 1. The summed E-state index contributed by atoms with van der Waals surface area (Å²) < 4.78 is 7.58. The normalized spacial score (nSPS) is 14.3. The molecular weight excluding hydrogens is 436 g/mol. The zero-order valence-electron chi connectivity index (χ0n) is 19.3. The van der Waals surface area contributed by atoms with Crippen LogP contribution in [0.4, 0.5) is 10.8 Å². The van der Waals surface area contributed by atoms with Gasteiger partial charge < -0.3 is 20.3 Å². The summed E-state index contributed by atoms with van der Waals surface area (Å²) in [5.74, 6) is 1.16. The zero-order valence-corrected chi connectivity index (χ0v) is 20.1. The Morgan fingerprint density at radius 3 is 2.61 bits per heavy atom. The fraction of sp³-hybridized carbons (Fsp3) is 0.458. The number of carbonyl (C=O) groups is 1.